The molecule has 0 amide bonds. The second kappa shape index (κ2) is 9.87. The third-order valence-corrected chi connectivity index (χ3v) is 8.11. The van der Waals surface area contributed by atoms with E-state index in [2.05, 4.69) is 0 Å². The van der Waals surface area contributed by atoms with Crippen molar-refractivity contribution in [2.45, 2.75) is 12.8 Å². The summed E-state index contributed by atoms with van der Waals surface area (Å²) in [6, 6.07) is 0. The minimum Gasteiger partial charge on any atom is -0.294 e. The zero-order valence-corrected chi connectivity index (χ0v) is 20.6. The van der Waals surface area contributed by atoms with Crippen molar-refractivity contribution < 1.29 is 9.59 Å². The van der Waals surface area contributed by atoms with Crippen molar-refractivity contribution in [2.24, 2.45) is 0 Å². The van der Waals surface area contributed by atoms with Crippen molar-refractivity contribution in [1.82, 2.24) is 0 Å². The molecule has 0 N–H and O–H groups in total. The van der Waals surface area contributed by atoms with E-state index in [1.54, 1.807) is 0 Å². The Kier molecular flexibility index (Phi) is 8.79. The summed E-state index contributed by atoms with van der Waals surface area (Å²) < 4.78 is 0. The fraction of sp³-hybridized carbons (Fsp3) is 0.125. The number of halogens is 10. The molecule has 2 nitrogen and oxygen atoms in total. The van der Waals surface area contributed by atoms with Crippen LogP contribution in [0.3, 0.4) is 0 Å². The first kappa shape index (κ1) is 24.9. The Morgan fingerprint density at radius 1 is 0.393 bits per heavy atom. The van der Waals surface area contributed by atoms with Gasteiger partial charge in [0.05, 0.1) is 61.4 Å². The van der Waals surface area contributed by atoms with Gasteiger partial charge in [-0.2, -0.15) is 0 Å². The van der Waals surface area contributed by atoms with Gasteiger partial charge in [-0.1, -0.05) is 116 Å². The molecule has 2 rings (SSSR count). The largest absolute Gasteiger partial charge is 0.294 e. The number of hydrogen-bond donors (Lipinski definition) is 0. The predicted octanol–water partition coefficient (Wildman–Crippen LogP) is 10.1. The molecule has 0 aromatic heterocycles. The Balaban J connectivity index is 2.34. The lowest BCUT2D eigenvalue weighted by Gasteiger charge is -2.13. The maximum atomic E-state index is 12.6. The number of carbonyl (C=O) groups is 2. The molecule has 0 aliphatic carbocycles. The molecule has 0 unspecified atom stereocenters. The highest BCUT2D eigenvalue weighted by Gasteiger charge is 2.27. The average molecular weight is 583 g/mol. The van der Waals surface area contributed by atoms with E-state index in [4.69, 9.17) is 116 Å². The van der Waals surface area contributed by atoms with E-state index in [9.17, 15) is 9.59 Å². The molecule has 2 aromatic carbocycles. The molecule has 0 bridgehead atoms. The van der Waals surface area contributed by atoms with Gasteiger partial charge in [0.1, 0.15) is 0 Å². The molecular weight excluding hydrogens is 579 g/mol. The van der Waals surface area contributed by atoms with Crippen molar-refractivity contribution in [1.29, 1.82) is 0 Å². The summed E-state index contributed by atoms with van der Waals surface area (Å²) in [5, 5.41) is -1.39. The minimum atomic E-state index is -0.595. The highest BCUT2D eigenvalue weighted by molar-refractivity contribution is 6.57. The number of Topliss-reactive ketones (excluding diaryl/α,β-unsaturated/α-hetero) is 2. The lowest BCUT2D eigenvalue weighted by Crippen LogP contribution is -2.08. The van der Waals surface area contributed by atoms with Crippen LogP contribution in [0, 0.1) is 0 Å². The standard InChI is InChI=1S/C16H4Cl10O2/c17-7-5(8(18)12(22)15(25)11(7)21)3(27)1-2-4(28)6-9(19)13(23)16(26)14(24)10(6)20/h1-2H2. The fourth-order valence-corrected chi connectivity index (χ4v) is 4.87. The number of ketones is 2. The lowest BCUT2D eigenvalue weighted by molar-refractivity contribution is 0.0917. The van der Waals surface area contributed by atoms with Gasteiger partial charge in [-0.15, -0.1) is 0 Å². The molecule has 150 valence electrons. The summed E-state index contributed by atoms with van der Waals surface area (Å²) in [5.74, 6) is -1.19. The molecule has 0 saturated carbocycles. The van der Waals surface area contributed by atoms with Crippen LogP contribution in [0.4, 0.5) is 0 Å². The van der Waals surface area contributed by atoms with Gasteiger partial charge in [-0.25, -0.2) is 0 Å². The highest BCUT2D eigenvalue weighted by atomic mass is 35.5. The summed E-state index contributed by atoms with van der Waals surface area (Å²) in [6.45, 7) is 0. The molecule has 0 radical (unpaired) electrons. The van der Waals surface area contributed by atoms with Gasteiger partial charge in [-0.3, -0.25) is 9.59 Å². The molecule has 0 saturated heterocycles. The highest BCUT2D eigenvalue weighted by Crippen LogP contribution is 2.46. The van der Waals surface area contributed by atoms with Crippen LogP contribution in [-0.2, 0) is 0 Å². The first-order valence-corrected chi connectivity index (χ1v) is 10.8. The second-order valence-corrected chi connectivity index (χ2v) is 9.02. The molecule has 0 fully saturated rings. The fourth-order valence-electron chi connectivity index (χ4n) is 2.18. The van der Waals surface area contributed by atoms with Crippen LogP contribution in [0.2, 0.25) is 50.2 Å². The smallest absolute Gasteiger partial charge is 0.166 e. The molecule has 0 aliphatic heterocycles. The Labute approximate surface area is 209 Å². The summed E-state index contributed by atoms with van der Waals surface area (Å²) in [6.07, 6.45) is -0.617. The molecule has 0 atom stereocenters. The quantitative estimate of drug-likeness (QED) is 0.200. The number of carbonyl (C=O) groups excluding carboxylic acids is 2. The van der Waals surface area contributed by atoms with E-state index < -0.39 is 11.6 Å². The molecule has 12 heteroatoms. The van der Waals surface area contributed by atoms with Crippen LogP contribution in [0.5, 0.6) is 0 Å². The number of hydrogen-bond acceptors (Lipinski definition) is 2. The van der Waals surface area contributed by atoms with Gasteiger partial charge in [0.2, 0.25) is 0 Å². The van der Waals surface area contributed by atoms with Crippen LogP contribution >= 0.6 is 116 Å². The third kappa shape index (κ3) is 4.62. The van der Waals surface area contributed by atoms with Crippen LogP contribution in [-0.4, -0.2) is 11.6 Å². The first-order valence-electron chi connectivity index (χ1n) is 7.01. The van der Waals surface area contributed by atoms with Gasteiger partial charge >= 0.3 is 0 Å². The number of benzene rings is 2. The molecule has 0 spiro atoms. The summed E-state index contributed by atoms with van der Waals surface area (Å²) in [4.78, 5) is 25.2. The van der Waals surface area contributed by atoms with Gasteiger partial charge in [0.15, 0.2) is 11.6 Å². The van der Waals surface area contributed by atoms with Gasteiger partial charge in [-0.05, 0) is 0 Å². The maximum absolute atomic E-state index is 12.6. The van der Waals surface area contributed by atoms with Gasteiger partial charge in [0.25, 0.3) is 0 Å². The van der Waals surface area contributed by atoms with E-state index in [1.807, 2.05) is 0 Å². The van der Waals surface area contributed by atoms with Crippen molar-refractivity contribution in [3.8, 4) is 0 Å². The van der Waals surface area contributed by atoms with Crippen molar-refractivity contribution in [2.75, 3.05) is 0 Å². The second-order valence-electron chi connectivity index (χ2n) is 5.24. The molecule has 0 aliphatic rings. The van der Waals surface area contributed by atoms with Crippen LogP contribution < -0.4 is 0 Å². The van der Waals surface area contributed by atoms with E-state index in [0.29, 0.717) is 0 Å². The summed E-state index contributed by atoms with van der Waals surface area (Å²) in [7, 11) is 0. The molecule has 28 heavy (non-hydrogen) atoms. The molecule has 0 heterocycles. The third-order valence-electron chi connectivity index (χ3n) is 3.56. The minimum absolute atomic E-state index is 0.0880. The SMILES string of the molecule is O=C(CCC(=O)c1c(Cl)c(Cl)c(Cl)c(Cl)c1Cl)c1c(Cl)c(Cl)c(Cl)c(Cl)c1Cl. The van der Waals surface area contributed by atoms with Crippen LogP contribution in [0.25, 0.3) is 0 Å². The molecular formula is C16H4Cl10O2. The Bertz CT molecular complexity index is 876. The molecule has 2 aromatic rings. The summed E-state index contributed by atoms with van der Waals surface area (Å²) in [5.41, 5.74) is -0.306. The number of rotatable bonds is 5. The van der Waals surface area contributed by atoms with E-state index >= 15 is 0 Å². The van der Waals surface area contributed by atoms with Crippen molar-refractivity contribution >= 4 is 128 Å². The Morgan fingerprint density at radius 2 is 0.571 bits per heavy atom. The van der Waals surface area contributed by atoms with Crippen LogP contribution in [0.15, 0.2) is 0 Å². The maximum Gasteiger partial charge on any atom is 0.166 e. The zero-order valence-electron chi connectivity index (χ0n) is 13.0. The monoisotopic (exact) mass is 578 g/mol. The van der Waals surface area contributed by atoms with Crippen LogP contribution in [0.1, 0.15) is 33.6 Å². The van der Waals surface area contributed by atoms with E-state index in [-0.39, 0.29) is 74.2 Å². The van der Waals surface area contributed by atoms with E-state index in [1.165, 1.54) is 0 Å². The van der Waals surface area contributed by atoms with Crippen molar-refractivity contribution in [3.05, 3.63) is 61.4 Å². The van der Waals surface area contributed by atoms with Crippen molar-refractivity contribution in [3.63, 3.8) is 0 Å². The zero-order chi connectivity index (χ0) is 21.5. The topological polar surface area (TPSA) is 34.1 Å². The Hall–Kier alpha value is 0.680. The first-order chi connectivity index (χ1) is 12.9. The normalized spacial score (nSPS) is 11.1. The van der Waals surface area contributed by atoms with E-state index in [0.717, 1.165) is 0 Å². The van der Waals surface area contributed by atoms with Gasteiger partial charge < -0.3 is 0 Å². The predicted molar refractivity (Wildman–Crippen MR) is 121 cm³/mol. The van der Waals surface area contributed by atoms with Gasteiger partial charge in [0, 0.05) is 12.8 Å². The lowest BCUT2D eigenvalue weighted by atomic mass is 10.0. The Morgan fingerprint density at radius 3 is 0.786 bits per heavy atom. The summed E-state index contributed by atoms with van der Waals surface area (Å²) >= 11 is 59.8. The average Bonchev–Trinajstić information content (AvgIpc) is 2.66.